The van der Waals surface area contributed by atoms with Crippen LogP contribution in [0.5, 0.6) is 0 Å². The number of anilines is 1. The Bertz CT molecular complexity index is 1890. The molecule has 0 aliphatic carbocycles. The molecule has 0 aliphatic rings. The quantitative estimate of drug-likeness (QED) is 0.0585. The number of nitrogens with one attached hydrogen (secondary N) is 5. The fraction of sp³-hybridized carbons (Fsp3) is 0.433. The van der Waals surface area contributed by atoms with Crippen LogP contribution in [-0.2, 0) is 54.2 Å². The van der Waals surface area contributed by atoms with E-state index in [-0.39, 0.29) is 22.2 Å². The van der Waals surface area contributed by atoms with Crippen molar-refractivity contribution in [2.24, 2.45) is 5.92 Å². The van der Waals surface area contributed by atoms with E-state index in [1.165, 1.54) is 26.0 Å². The Hall–Kier alpha value is -5.90. The number of hydrogen-bond acceptors (Lipinski definition) is 12. The average Bonchev–Trinajstić information content (AvgIpc) is 2.98. The van der Waals surface area contributed by atoms with Gasteiger partial charge >= 0.3 is 23.5 Å². The highest BCUT2D eigenvalue weighted by atomic mass is 32.2. The van der Waals surface area contributed by atoms with Crippen molar-refractivity contribution in [3.63, 3.8) is 0 Å². The van der Waals surface area contributed by atoms with E-state index in [9.17, 15) is 61.2 Å². The Balaban J connectivity index is 2.31. The maximum Gasteiger partial charge on any atom is 0.336 e. The van der Waals surface area contributed by atoms with Crippen molar-refractivity contribution < 1.29 is 71.1 Å². The molecule has 9 N–H and O–H groups in total. The highest BCUT2D eigenvalue weighted by molar-refractivity contribution is 7.85. The lowest BCUT2D eigenvalue weighted by Gasteiger charge is -2.27. The van der Waals surface area contributed by atoms with E-state index in [0.717, 1.165) is 19.1 Å². The lowest BCUT2D eigenvalue weighted by atomic mass is 10.0. The third-order valence-corrected chi connectivity index (χ3v) is 7.72. The van der Waals surface area contributed by atoms with Crippen LogP contribution < -0.4 is 32.2 Å². The van der Waals surface area contributed by atoms with Gasteiger partial charge < -0.3 is 46.3 Å². The SMILES string of the molecule is CC(=O)N[C@@H](CC(=O)O)C(=O)N[C@@H](CCC(=O)O)C(=O)N[C@H](C(=O)N[C@@H](CC(=O)O)C(=O)Nc1ccc2c(CS(=O)(=O)O)cc(=O)oc2c1)C(C)C. The van der Waals surface area contributed by atoms with E-state index in [0.29, 0.717) is 0 Å². The van der Waals surface area contributed by atoms with Gasteiger partial charge in [0.2, 0.25) is 29.5 Å². The Morgan fingerprint density at radius 2 is 1.31 bits per heavy atom. The smallest absolute Gasteiger partial charge is 0.336 e. The Morgan fingerprint density at radius 3 is 1.83 bits per heavy atom. The molecule has 0 aliphatic heterocycles. The minimum Gasteiger partial charge on any atom is -0.481 e. The predicted octanol–water partition coefficient (Wildman–Crippen LogP) is -1.45. The van der Waals surface area contributed by atoms with Crippen LogP contribution in [0.2, 0.25) is 0 Å². The van der Waals surface area contributed by atoms with Crippen molar-refractivity contribution in [1.82, 2.24) is 21.3 Å². The van der Waals surface area contributed by atoms with Crippen LogP contribution in [0, 0.1) is 5.92 Å². The molecule has 0 unspecified atom stereocenters. The van der Waals surface area contributed by atoms with Gasteiger partial charge in [0.15, 0.2) is 0 Å². The summed E-state index contributed by atoms with van der Waals surface area (Å²) in [5, 5.41) is 38.9. The molecule has 5 amide bonds. The minimum atomic E-state index is -4.55. The van der Waals surface area contributed by atoms with Gasteiger partial charge in [-0.25, -0.2) is 4.79 Å². The maximum absolute atomic E-state index is 13.4. The zero-order chi connectivity index (χ0) is 39.5. The fourth-order valence-corrected chi connectivity index (χ4v) is 5.36. The molecule has 0 saturated heterocycles. The van der Waals surface area contributed by atoms with Crippen molar-refractivity contribution in [3.05, 3.63) is 40.2 Å². The first-order valence-electron chi connectivity index (χ1n) is 15.2. The van der Waals surface area contributed by atoms with Gasteiger partial charge in [0.05, 0.1) is 12.8 Å². The Morgan fingerprint density at radius 1 is 0.750 bits per heavy atom. The zero-order valence-corrected chi connectivity index (χ0v) is 28.6. The summed E-state index contributed by atoms with van der Waals surface area (Å²) in [5.74, 6) is -11.2. The standard InChI is InChI=1S/C30H37N5O16S/c1-13(2)26(35-27(44)18(6-7-22(37)38)33-29(46)19(10-23(39)40)31-14(3)36)30(47)34-20(11-24(41)42)28(45)32-16-4-5-17-15(12-52(48,49)50)8-25(43)51-21(17)9-16/h4-5,8-9,13,18-20,26H,6-7,10-12H2,1-3H3,(H,31,36)(H,32,45)(H,33,46)(H,34,47)(H,35,44)(H,37,38)(H,39,40)(H,41,42)(H,48,49,50)/t18-,19-,20-,26-/m0/s1. The molecule has 21 nitrogen and oxygen atoms in total. The molecule has 0 spiro atoms. The lowest BCUT2D eigenvalue weighted by molar-refractivity contribution is -0.142. The summed E-state index contributed by atoms with van der Waals surface area (Å²) in [6.07, 6.45) is -3.05. The van der Waals surface area contributed by atoms with Crippen molar-refractivity contribution in [2.45, 2.75) is 76.4 Å². The largest absolute Gasteiger partial charge is 0.481 e. The van der Waals surface area contributed by atoms with E-state index in [2.05, 4.69) is 26.6 Å². The summed E-state index contributed by atoms with van der Waals surface area (Å²) < 4.78 is 37.0. The molecule has 0 bridgehead atoms. The van der Waals surface area contributed by atoms with Crippen LogP contribution in [0.25, 0.3) is 11.0 Å². The molecule has 2 aromatic rings. The minimum absolute atomic E-state index is 0.0829. The van der Waals surface area contributed by atoms with Gasteiger partial charge in [0.25, 0.3) is 10.1 Å². The van der Waals surface area contributed by atoms with Gasteiger partial charge in [-0.2, -0.15) is 8.42 Å². The summed E-state index contributed by atoms with van der Waals surface area (Å²) in [5.41, 5.74) is -1.38. The van der Waals surface area contributed by atoms with Gasteiger partial charge in [-0.05, 0) is 30.0 Å². The van der Waals surface area contributed by atoms with Crippen molar-refractivity contribution in [3.8, 4) is 0 Å². The van der Waals surface area contributed by atoms with Crippen LogP contribution in [-0.4, -0.2) is 99.9 Å². The lowest BCUT2D eigenvalue weighted by Crippen LogP contribution is -2.59. The summed E-state index contributed by atoms with van der Waals surface area (Å²) in [6, 6.07) is -2.15. The Kier molecular flexibility index (Phi) is 14.9. The van der Waals surface area contributed by atoms with Gasteiger partial charge in [0, 0.05) is 36.6 Å². The van der Waals surface area contributed by atoms with Crippen LogP contribution in [0.3, 0.4) is 0 Å². The number of carbonyl (C=O) groups is 8. The van der Waals surface area contributed by atoms with E-state index in [4.69, 9.17) is 14.6 Å². The molecule has 284 valence electrons. The number of carboxylic acid groups (broad SMARTS) is 3. The molecule has 2 rings (SSSR count). The van der Waals surface area contributed by atoms with Gasteiger partial charge in [-0.1, -0.05) is 13.8 Å². The van der Waals surface area contributed by atoms with Crippen LogP contribution in [0.15, 0.2) is 33.5 Å². The molecule has 1 aromatic carbocycles. The highest BCUT2D eigenvalue weighted by Crippen LogP contribution is 2.23. The van der Waals surface area contributed by atoms with E-state index in [1.54, 1.807) is 0 Å². The molecule has 0 fully saturated rings. The summed E-state index contributed by atoms with van der Waals surface area (Å²) in [7, 11) is -4.55. The second-order valence-electron chi connectivity index (χ2n) is 11.8. The van der Waals surface area contributed by atoms with Crippen molar-refractivity contribution in [2.75, 3.05) is 5.32 Å². The first-order valence-corrected chi connectivity index (χ1v) is 16.8. The van der Waals surface area contributed by atoms with E-state index >= 15 is 0 Å². The number of aliphatic carboxylic acids is 3. The molecular weight excluding hydrogens is 718 g/mol. The molecular formula is C30H37N5O16S. The zero-order valence-electron chi connectivity index (χ0n) is 27.8. The normalized spacial score (nSPS) is 13.6. The van der Waals surface area contributed by atoms with Crippen molar-refractivity contribution in [1.29, 1.82) is 0 Å². The number of fused-ring (bicyclic) bond motifs is 1. The molecule has 1 aromatic heterocycles. The molecule has 0 radical (unpaired) electrons. The van der Waals surface area contributed by atoms with Crippen LogP contribution >= 0.6 is 0 Å². The van der Waals surface area contributed by atoms with E-state index in [1.807, 2.05) is 0 Å². The third kappa shape index (κ3) is 13.8. The number of carbonyl (C=O) groups excluding carboxylic acids is 5. The monoisotopic (exact) mass is 755 g/mol. The summed E-state index contributed by atoms with van der Waals surface area (Å²) in [4.78, 5) is 110. The van der Waals surface area contributed by atoms with Crippen LogP contribution in [0.4, 0.5) is 5.69 Å². The first kappa shape index (κ1) is 42.3. The summed E-state index contributed by atoms with van der Waals surface area (Å²) in [6.45, 7) is 3.92. The third-order valence-electron chi connectivity index (χ3n) is 7.05. The Labute approximate surface area is 294 Å². The van der Waals surface area contributed by atoms with Crippen molar-refractivity contribution >= 4 is 74.2 Å². The maximum atomic E-state index is 13.4. The first-order chi connectivity index (χ1) is 24.1. The topological polar surface area (TPSA) is 342 Å². The molecule has 1 heterocycles. The number of hydrogen-bond donors (Lipinski definition) is 9. The second-order valence-corrected chi connectivity index (χ2v) is 13.2. The average molecular weight is 756 g/mol. The number of carboxylic acids is 3. The number of rotatable bonds is 19. The number of amides is 5. The molecule has 22 heteroatoms. The highest BCUT2D eigenvalue weighted by Gasteiger charge is 2.34. The van der Waals surface area contributed by atoms with Gasteiger partial charge in [-0.3, -0.25) is 42.9 Å². The fourth-order valence-electron chi connectivity index (χ4n) is 4.73. The van der Waals surface area contributed by atoms with E-state index < -0.39 is 125 Å². The van der Waals surface area contributed by atoms with Crippen LogP contribution in [0.1, 0.15) is 52.0 Å². The second kappa shape index (κ2) is 18.4. The number of benzene rings is 1. The molecule has 4 atom stereocenters. The summed E-state index contributed by atoms with van der Waals surface area (Å²) >= 11 is 0. The predicted molar refractivity (Wildman–Crippen MR) is 176 cm³/mol. The van der Waals surface area contributed by atoms with Gasteiger partial charge in [-0.15, -0.1) is 0 Å². The molecule has 52 heavy (non-hydrogen) atoms. The molecule has 0 saturated carbocycles. The van der Waals surface area contributed by atoms with Gasteiger partial charge in [0.1, 0.15) is 35.5 Å².